The van der Waals surface area contributed by atoms with Crippen LogP contribution in [0.25, 0.3) is 0 Å². The van der Waals surface area contributed by atoms with E-state index in [2.05, 4.69) is 6.92 Å². The predicted molar refractivity (Wildman–Crippen MR) is 86.4 cm³/mol. The molecule has 2 nitrogen and oxygen atoms in total. The Kier molecular flexibility index (Phi) is 5.27. The van der Waals surface area contributed by atoms with Gasteiger partial charge in [-0.3, -0.25) is 4.79 Å². The molecular weight excluding hydrogens is 307 g/mol. The molecule has 0 spiro atoms. The zero-order valence-electron chi connectivity index (χ0n) is 11.6. The number of halogens is 2. The maximum absolute atomic E-state index is 11.6. The van der Waals surface area contributed by atoms with Gasteiger partial charge in [-0.15, -0.1) is 0 Å². The van der Waals surface area contributed by atoms with Crippen molar-refractivity contribution < 1.29 is 9.90 Å². The summed E-state index contributed by atoms with van der Waals surface area (Å²) < 4.78 is 0. The van der Waals surface area contributed by atoms with Gasteiger partial charge in [0.25, 0.3) is 0 Å². The fourth-order valence-electron chi connectivity index (χ4n) is 2.26. The summed E-state index contributed by atoms with van der Waals surface area (Å²) in [5.74, 6) is -1.61. The standard InChI is InChI=1S/C17H16Cl2O2/c1-2-11-3-5-12(6-4-11)9-15(17(20)21)14-10-13(18)7-8-16(14)19/h3-8,10,15H,2,9H2,1H3,(H,20,21). The summed E-state index contributed by atoms with van der Waals surface area (Å²) >= 11 is 12.1. The predicted octanol–water partition coefficient (Wildman–Crippen LogP) is 4.97. The molecule has 0 aromatic heterocycles. The normalized spacial score (nSPS) is 12.1. The quantitative estimate of drug-likeness (QED) is 0.844. The van der Waals surface area contributed by atoms with E-state index in [1.165, 1.54) is 5.56 Å². The second-order valence-electron chi connectivity index (χ2n) is 4.93. The molecule has 1 N–H and O–H groups in total. The molecule has 0 fully saturated rings. The van der Waals surface area contributed by atoms with Crippen molar-refractivity contribution in [2.45, 2.75) is 25.7 Å². The van der Waals surface area contributed by atoms with Gasteiger partial charge in [0.2, 0.25) is 0 Å². The fourth-order valence-corrected chi connectivity index (χ4v) is 2.69. The Hall–Kier alpha value is -1.51. The molecule has 110 valence electrons. The maximum Gasteiger partial charge on any atom is 0.311 e. The molecule has 0 heterocycles. The molecule has 0 aliphatic carbocycles. The van der Waals surface area contributed by atoms with Crippen LogP contribution in [0.3, 0.4) is 0 Å². The van der Waals surface area contributed by atoms with Gasteiger partial charge in [0.05, 0.1) is 5.92 Å². The summed E-state index contributed by atoms with van der Waals surface area (Å²) in [7, 11) is 0. The molecule has 0 radical (unpaired) electrons. The molecular formula is C17H16Cl2O2. The van der Waals surface area contributed by atoms with Crippen LogP contribution in [0.2, 0.25) is 10.0 Å². The second-order valence-corrected chi connectivity index (χ2v) is 5.77. The lowest BCUT2D eigenvalue weighted by Gasteiger charge is -2.15. The smallest absolute Gasteiger partial charge is 0.311 e. The van der Waals surface area contributed by atoms with Gasteiger partial charge in [-0.2, -0.15) is 0 Å². The van der Waals surface area contributed by atoms with Gasteiger partial charge in [0, 0.05) is 10.0 Å². The minimum Gasteiger partial charge on any atom is -0.481 e. The highest BCUT2D eigenvalue weighted by atomic mass is 35.5. The van der Waals surface area contributed by atoms with E-state index in [-0.39, 0.29) is 0 Å². The zero-order chi connectivity index (χ0) is 15.4. The molecule has 2 rings (SSSR count). The summed E-state index contributed by atoms with van der Waals surface area (Å²) in [5, 5.41) is 10.4. The Bertz CT molecular complexity index is 636. The number of rotatable bonds is 5. The number of hydrogen-bond acceptors (Lipinski definition) is 1. The molecule has 4 heteroatoms. The first-order valence-corrected chi connectivity index (χ1v) is 7.52. The molecule has 0 bridgehead atoms. The van der Waals surface area contributed by atoms with Crippen LogP contribution in [0.4, 0.5) is 0 Å². The molecule has 2 aromatic rings. The molecule has 0 saturated carbocycles. The number of aliphatic carboxylic acids is 1. The van der Waals surface area contributed by atoms with Crippen molar-refractivity contribution >= 4 is 29.2 Å². The number of carboxylic acid groups (broad SMARTS) is 1. The zero-order valence-corrected chi connectivity index (χ0v) is 13.2. The number of aryl methyl sites for hydroxylation is 1. The van der Waals surface area contributed by atoms with Gasteiger partial charge >= 0.3 is 5.97 Å². The number of hydrogen-bond donors (Lipinski definition) is 1. The van der Waals surface area contributed by atoms with Crippen LogP contribution in [0.5, 0.6) is 0 Å². The van der Waals surface area contributed by atoms with E-state index in [1.54, 1.807) is 18.2 Å². The molecule has 1 atom stereocenters. The number of carboxylic acids is 1. The summed E-state index contributed by atoms with van der Waals surface area (Å²) in [6.07, 6.45) is 1.35. The first-order chi connectivity index (χ1) is 10.0. The SMILES string of the molecule is CCc1ccc(CC(C(=O)O)c2cc(Cl)ccc2Cl)cc1. The van der Waals surface area contributed by atoms with E-state index in [0.717, 1.165) is 12.0 Å². The van der Waals surface area contributed by atoms with Crippen LogP contribution in [-0.2, 0) is 17.6 Å². The molecule has 21 heavy (non-hydrogen) atoms. The van der Waals surface area contributed by atoms with E-state index in [9.17, 15) is 9.90 Å². The Morgan fingerprint density at radius 2 is 1.71 bits per heavy atom. The van der Waals surface area contributed by atoms with Crippen LogP contribution in [0, 0.1) is 0 Å². The van der Waals surface area contributed by atoms with Gasteiger partial charge in [-0.25, -0.2) is 0 Å². The summed E-state index contributed by atoms with van der Waals surface area (Å²) in [4.78, 5) is 11.6. The first-order valence-electron chi connectivity index (χ1n) is 6.76. The number of benzene rings is 2. The van der Waals surface area contributed by atoms with E-state index < -0.39 is 11.9 Å². The van der Waals surface area contributed by atoms with Crippen LogP contribution in [0.15, 0.2) is 42.5 Å². The van der Waals surface area contributed by atoms with Crippen molar-refractivity contribution in [1.29, 1.82) is 0 Å². The first kappa shape index (κ1) is 15.9. The topological polar surface area (TPSA) is 37.3 Å². The molecule has 2 aromatic carbocycles. The highest BCUT2D eigenvalue weighted by molar-refractivity contribution is 6.33. The van der Waals surface area contributed by atoms with Gasteiger partial charge in [0.15, 0.2) is 0 Å². The Balaban J connectivity index is 2.30. The largest absolute Gasteiger partial charge is 0.481 e. The second kappa shape index (κ2) is 6.97. The van der Waals surface area contributed by atoms with E-state index >= 15 is 0 Å². The third kappa shape index (κ3) is 3.99. The highest BCUT2D eigenvalue weighted by Crippen LogP contribution is 2.30. The van der Waals surface area contributed by atoms with Crippen molar-refractivity contribution in [2.24, 2.45) is 0 Å². The molecule has 0 saturated heterocycles. The lowest BCUT2D eigenvalue weighted by molar-refractivity contribution is -0.138. The third-order valence-electron chi connectivity index (χ3n) is 3.50. The van der Waals surface area contributed by atoms with Crippen molar-refractivity contribution in [3.8, 4) is 0 Å². The summed E-state index contributed by atoms with van der Waals surface area (Å²) in [5.41, 5.74) is 2.75. The van der Waals surface area contributed by atoms with Gasteiger partial charge < -0.3 is 5.11 Å². The Labute approximate surface area is 134 Å². The highest BCUT2D eigenvalue weighted by Gasteiger charge is 2.23. The van der Waals surface area contributed by atoms with E-state index in [1.807, 2.05) is 24.3 Å². The van der Waals surface area contributed by atoms with Crippen LogP contribution in [-0.4, -0.2) is 11.1 Å². The van der Waals surface area contributed by atoms with E-state index in [0.29, 0.717) is 22.0 Å². The average molecular weight is 323 g/mol. The maximum atomic E-state index is 11.6. The van der Waals surface area contributed by atoms with Crippen LogP contribution < -0.4 is 0 Å². The lowest BCUT2D eigenvalue weighted by atomic mass is 9.91. The number of carbonyl (C=O) groups is 1. The monoisotopic (exact) mass is 322 g/mol. The average Bonchev–Trinajstić information content (AvgIpc) is 2.48. The summed E-state index contributed by atoms with van der Waals surface area (Å²) in [6.45, 7) is 2.08. The van der Waals surface area contributed by atoms with Crippen molar-refractivity contribution in [3.63, 3.8) is 0 Å². The van der Waals surface area contributed by atoms with Crippen molar-refractivity contribution in [2.75, 3.05) is 0 Å². The summed E-state index contributed by atoms with van der Waals surface area (Å²) in [6, 6.07) is 12.9. The van der Waals surface area contributed by atoms with Gasteiger partial charge in [-0.1, -0.05) is 54.4 Å². The van der Waals surface area contributed by atoms with Gasteiger partial charge in [0.1, 0.15) is 0 Å². The molecule has 0 amide bonds. The fraction of sp³-hybridized carbons (Fsp3) is 0.235. The van der Waals surface area contributed by atoms with Crippen molar-refractivity contribution in [3.05, 3.63) is 69.2 Å². The van der Waals surface area contributed by atoms with E-state index in [4.69, 9.17) is 23.2 Å². The van der Waals surface area contributed by atoms with Crippen molar-refractivity contribution in [1.82, 2.24) is 0 Å². The third-order valence-corrected chi connectivity index (χ3v) is 4.08. The van der Waals surface area contributed by atoms with Gasteiger partial charge in [-0.05, 0) is 47.7 Å². The Morgan fingerprint density at radius 1 is 1.10 bits per heavy atom. The van der Waals surface area contributed by atoms with Crippen LogP contribution >= 0.6 is 23.2 Å². The molecule has 0 aliphatic rings. The molecule has 1 unspecified atom stereocenters. The minimum atomic E-state index is -0.904. The Morgan fingerprint density at radius 3 is 2.29 bits per heavy atom. The van der Waals surface area contributed by atoms with Crippen LogP contribution in [0.1, 0.15) is 29.5 Å². The lowest BCUT2D eigenvalue weighted by Crippen LogP contribution is -2.15. The minimum absolute atomic E-state index is 0.388. The molecule has 0 aliphatic heterocycles.